The lowest BCUT2D eigenvalue weighted by Gasteiger charge is -2.28. The van der Waals surface area contributed by atoms with Gasteiger partial charge in [-0.05, 0) is 24.3 Å². The molecule has 0 unspecified atom stereocenters. The second-order valence-corrected chi connectivity index (χ2v) is 9.94. The number of carbonyl (C=O) groups excluding carboxylic acids is 3. The van der Waals surface area contributed by atoms with E-state index < -0.39 is 36.1 Å². The molecule has 39 heavy (non-hydrogen) atoms. The number of nitrogens with zero attached hydrogens (tertiary/aromatic N) is 1. The Morgan fingerprint density at radius 3 is 2.28 bits per heavy atom. The fourth-order valence-corrected chi connectivity index (χ4v) is 4.25. The lowest BCUT2D eigenvalue weighted by atomic mass is 10.00. The average Bonchev–Trinajstić information content (AvgIpc) is 2.92. The molecule has 3 amide bonds. The van der Waals surface area contributed by atoms with E-state index in [2.05, 4.69) is 30.9 Å². The minimum absolute atomic E-state index is 0.0434. The van der Waals surface area contributed by atoms with Gasteiger partial charge >= 0.3 is 12.1 Å². The van der Waals surface area contributed by atoms with Crippen LogP contribution >= 0.6 is 0 Å². The summed E-state index contributed by atoms with van der Waals surface area (Å²) in [6, 6.07) is 6.60. The van der Waals surface area contributed by atoms with Crippen LogP contribution in [0, 0.1) is 5.92 Å². The zero-order valence-corrected chi connectivity index (χ0v) is 23.1. The van der Waals surface area contributed by atoms with Crippen LogP contribution in [-0.2, 0) is 30.3 Å². The van der Waals surface area contributed by atoms with Crippen LogP contribution in [0.5, 0.6) is 0 Å². The molecule has 1 aromatic rings. The van der Waals surface area contributed by atoms with Gasteiger partial charge in [-0.15, -0.1) is 0 Å². The van der Waals surface area contributed by atoms with Gasteiger partial charge in [-0.3, -0.25) is 24.6 Å². The lowest BCUT2D eigenvalue weighted by molar-refractivity contribution is -0.140. The maximum atomic E-state index is 13.4. The third-order valence-electron chi connectivity index (χ3n) is 6.36. The summed E-state index contributed by atoms with van der Waals surface area (Å²) in [5, 5.41) is 20.9. The summed E-state index contributed by atoms with van der Waals surface area (Å²) >= 11 is 0. The molecule has 1 aliphatic heterocycles. The highest BCUT2D eigenvalue weighted by atomic mass is 16.5. The minimum Gasteiger partial charge on any atom is -0.480 e. The van der Waals surface area contributed by atoms with Crippen molar-refractivity contribution in [1.82, 2.24) is 26.2 Å². The molecule has 0 spiro atoms. The first kappa shape index (κ1) is 32.0. The van der Waals surface area contributed by atoms with E-state index in [-0.39, 0.29) is 31.2 Å². The molecule has 3 atom stereocenters. The van der Waals surface area contributed by atoms with Crippen LogP contribution in [0.1, 0.15) is 32.3 Å². The third kappa shape index (κ3) is 12.5. The molecule has 0 bridgehead atoms. The summed E-state index contributed by atoms with van der Waals surface area (Å²) in [5.74, 6) is -1.84. The first-order chi connectivity index (χ1) is 18.7. The smallest absolute Gasteiger partial charge is 0.406 e. The molecule has 1 aromatic carbocycles. The standard InChI is InChI=1S/C27H43N5O7/c1-19(2)17-22(30-21(26(35)36)9-10-29-27(37)38-3)25(34)31-23(18-20-7-5-4-6-8-20)24(33)28-11-12-32-13-15-39-16-14-32/h4-8,19,21-23,30H,9-18H2,1-3H3,(H,28,33)(H,29,37)(H,31,34)(H,35,36)/t21-,22+,23+/m1/s1. The molecule has 218 valence electrons. The highest BCUT2D eigenvalue weighted by molar-refractivity contribution is 5.90. The van der Waals surface area contributed by atoms with Gasteiger partial charge in [0.1, 0.15) is 12.1 Å². The van der Waals surface area contributed by atoms with Crippen molar-refractivity contribution in [3.8, 4) is 0 Å². The van der Waals surface area contributed by atoms with E-state index in [0.717, 1.165) is 18.7 Å². The van der Waals surface area contributed by atoms with Crippen LogP contribution in [-0.4, -0.2) is 105 Å². The number of carbonyl (C=O) groups is 4. The quantitative estimate of drug-likeness (QED) is 0.196. The van der Waals surface area contributed by atoms with Crippen LogP contribution in [0.2, 0.25) is 0 Å². The Hall–Kier alpha value is -3.22. The van der Waals surface area contributed by atoms with Gasteiger partial charge in [-0.2, -0.15) is 0 Å². The molecule has 0 aliphatic carbocycles. The second-order valence-electron chi connectivity index (χ2n) is 9.94. The maximum absolute atomic E-state index is 13.4. The van der Waals surface area contributed by atoms with Crippen molar-refractivity contribution in [2.24, 2.45) is 5.92 Å². The molecule has 0 radical (unpaired) electrons. The summed E-state index contributed by atoms with van der Waals surface area (Å²) < 4.78 is 9.88. The fraction of sp³-hybridized carbons (Fsp3) is 0.630. The number of hydrogen-bond donors (Lipinski definition) is 5. The molecular formula is C27H43N5O7. The Bertz CT molecular complexity index is 909. The normalized spacial score (nSPS) is 16.1. The van der Waals surface area contributed by atoms with Crippen molar-refractivity contribution in [3.63, 3.8) is 0 Å². The van der Waals surface area contributed by atoms with Crippen molar-refractivity contribution in [2.75, 3.05) is 53.0 Å². The van der Waals surface area contributed by atoms with Gasteiger partial charge in [0.15, 0.2) is 0 Å². The summed E-state index contributed by atoms with van der Waals surface area (Å²) in [7, 11) is 1.22. The third-order valence-corrected chi connectivity index (χ3v) is 6.36. The molecule has 0 aromatic heterocycles. The second kappa shape index (κ2) is 17.4. The predicted molar refractivity (Wildman–Crippen MR) is 145 cm³/mol. The Labute approximate surface area is 230 Å². The first-order valence-electron chi connectivity index (χ1n) is 13.4. The van der Waals surface area contributed by atoms with Crippen LogP contribution < -0.4 is 21.3 Å². The monoisotopic (exact) mass is 549 g/mol. The largest absolute Gasteiger partial charge is 0.480 e. The Morgan fingerprint density at radius 1 is 0.974 bits per heavy atom. The van der Waals surface area contributed by atoms with Crippen molar-refractivity contribution in [1.29, 1.82) is 0 Å². The van der Waals surface area contributed by atoms with Crippen molar-refractivity contribution < 1.29 is 33.8 Å². The zero-order chi connectivity index (χ0) is 28.6. The summed E-state index contributed by atoms with van der Waals surface area (Å²) in [4.78, 5) is 52.1. The summed E-state index contributed by atoms with van der Waals surface area (Å²) in [6.45, 7) is 7.97. The molecular weight excluding hydrogens is 506 g/mol. The number of aliphatic carboxylic acids is 1. The number of ether oxygens (including phenoxy) is 2. The van der Waals surface area contributed by atoms with Crippen LogP contribution in [0.3, 0.4) is 0 Å². The van der Waals surface area contributed by atoms with Crippen molar-refractivity contribution >= 4 is 23.9 Å². The van der Waals surface area contributed by atoms with E-state index in [9.17, 15) is 24.3 Å². The van der Waals surface area contributed by atoms with Gasteiger partial charge in [0.05, 0.1) is 26.4 Å². The molecule has 1 heterocycles. The van der Waals surface area contributed by atoms with Gasteiger partial charge in [0.2, 0.25) is 11.8 Å². The van der Waals surface area contributed by atoms with Gasteiger partial charge < -0.3 is 30.5 Å². The Morgan fingerprint density at radius 2 is 1.67 bits per heavy atom. The maximum Gasteiger partial charge on any atom is 0.406 e. The molecule has 5 N–H and O–H groups in total. The molecule has 2 rings (SSSR count). The number of morpholine rings is 1. The molecule has 1 fully saturated rings. The van der Waals surface area contributed by atoms with E-state index in [1.54, 1.807) is 0 Å². The van der Waals surface area contributed by atoms with E-state index in [1.807, 2.05) is 44.2 Å². The molecule has 12 nitrogen and oxygen atoms in total. The summed E-state index contributed by atoms with van der Waals surface area (Å²) in [5.41, 5.74) is 0.886. The van der Waals surface area contributed by atoms with Crippen molar-refractivity contribution in [2.45, 2.75) is 51.2 Å². The van der Waals surface area contributed by atoms with Crippen LogP contribution in [0.4, 0.5) is 4.79 Å². The number of nitrogens with one attached hydrogen (secondary N) is 4. The number of methoxy groups -OCH3 is 1. The first-order valence-corrected chi connectivity index (χ1v) is 13.4. The lowest BCUT2D eigenvalue weighted by Crippen LogP contribution is -2.57. The highest BCUT2D eigenvalue weighted by Crippen LogP contribution is 2.10. The predicted octanol–water partition coefficient (Wildman–Crippen LogP) is 0.366. The van der Waals surface area contributed by atoms with Gasteiger partial charge in [0, 0.05) is 39.1 Å². The van der Waals surface area contributed by atoms with Crippen molar-refractivity contribution in [3.05, 3.63) is 35.9 Å². The topological polar surface area (TPSA) is 158 Å². The van der Waals surface area contributed by atoms with E-state index in [4.69, 9.17) is 4.74 Å². The Kier molecular flexibility index (Phi) is 14.3. The molecule has 1 saturated heterocycles. The zero-order valence-electron chi connectivity index (χ0n) is 23.1. The molecule has 0 saturated carbocycles. The van der Waals surface area contributed by atoms with Gasteiger partial charge in [-0.25, -0.2) is 4.79 Å². The number of amides is 3. The number of carboxylic acid groups (broad SMARTS) is 1. The van der Waals surface area contributed by atoms with E-state index >= 15 is 0 Å². The number of carboxylic acids is 1. The molecule has 12 heteroatoms. The number of alkyl carbamates (subject to hydrolysis) is 1. The average molecular weight is 550 g/mol. The van der Waals surface area contributed by atoms with Gasteiger partial charge in [-0.1, -0.05) is 44.2 Å². The van der Waals surface area contributed by atoms with E-state index in [1.165, 1.54) is 7.11 Å². The number of benzene rings is 1. The summed E-state index contributed by atoms with van der Waals surface area (Å²) in [6.07, 6.45) is 0.0212. The Balaban J connectivity index is 2.08. The minimum atomic E-state index is -1.15. The fourth-order valence-electron chi connectivity index (χ4n) is 4.25. The highest BCUT2D eigenvalue weighted by Gasteiger charge is 2.30. The molecule has 1 aliphatic rings. The number of hydrogen-bond acceptors (Lipinski definition) is 8. The SMILES string of the molecule is COC(=O)NCC[C@@H](N[C@@H](CC(C)C)C(=O)N[C@@H](Cc1ccccc1)C(=O)NCCN1CCOCC1)C(=O)O. The van der Waals surface area contributed by atoms with E-state index in [0.29, 0.717) is 32.7 Å². The van der Waals surface area contributed by atoms with Gasteiger partial charge in [0.25, 0.3) is 0 Å². The van der Waals surface area contributed by atoms with Crippen LogP contribution in [0.25, 0.3) is 0 Å². The number of rotatable bonds is 16. The van der Waals surface area contributed by atoms with Crippen LogP contribution in [0.15, 0.2) is 30.3 Å².